The molecule has 8 heteroatoms. The highest BCUT2D eigenvalue weighted by molar-refractivity contribution is 6.29. The molecule has 0 unspecified atom stereocenters. The topological polar surface area (TPSA) is 86.7 Å². The average Bonchev–Trinajstić information content (AvgIpc) is 3.09. The number of nitrogens with zero attached hydrogens (tertiary/aromatic N) is 5. The van der Waals surface area contributed by atoms with Crippen molar-refractivity contribution >= 4 is 28.3 Å². The number of hydrogen-bond acceptors (Lipinski definition) is 5. The van der Waals surface area contributed by atoms with Gasteiger partial charge in [-0.15, -0.1) is 0 Å². The van der Waals surface area contributed by atoms with E-state index in [0.717, 1.165) is 22.2 Å². The number of nitro benzene ring substituents is 1. The van der Waals surface area contributed by atoms with E-state index in [9.17, 15) is 10.1 Å². The van der Waals surface area contributed by atoms with Gasteiger partial charge >= 0.3 is 0 Å². The molecule has 0 saturated heterocycles. The molecule has 0 amide bonds. The minimum absolute atomic E-state index is 0.0663. The molecule has 0 radical (unpaired) electrons. The molecule has 0 aliphatic heterocycles. The Morgan fingerprint density at radius 2 is 1.96 bits per heavy atom. The number of benzene rings is 1. The zero-order chi connectivity index (χ0) is 18.1. The van der Waals surface area contributed by atoms with Gasteiger partial charge in [0.15, 0.2) is 0 Å². The van der Waals surface area contributed by atoms with Crippen molar-refractivity contribution in [3.63, 3.8) is 0 Å². The highest BCUT2D eigenvalue weighted by atomic mass is 35.5. The van der Waals surface area contributed by atoms with Gasteiger partial charge in [-0.1, -0.05) is 23.7 Å². The third-order valence-corrected chi connectivity index (χ3v) is 4.15. The fraction of sp³-hybridized carbons (Fsp3) is 0.0556. The smallest absolute Gasteiger partial charge is 0.268 e. The zero-order valence-electron chi connectivity index (χ0n) is 13.4. The van der Waals surface area contributed by atoms with E-state index in [4.69, 9.17) is 11.6 Å². The second-order valence-electron chi connectivity index (χ2n) is 5.75. The van der Waals surface area contributed by atoms with Crippen molar-refractivity contribution < 1.29 is 4.92 Å². The Labute approximate surface area is 153 Å². The van der Waals surface area contributed by atoms with E-state index in [2.05, 4.69) is 15.1 Å². The van der Waals surface area contributed by atoms with Crippen LogP contribution in [-0.2, 0) is 6.54 Å². The first-order valence-electron chi connectivity index (χ1n) is 7.77. The minimum Gasteiger partial charge on any atom is -0.268 e. The van der Waals surface area contributed by atoms with E-state index in [1.807, 2.05) is 24.4 Å². The Kier molecular flexibility index (Phi) is 4.06. The van der Waals surface area contributed by atoms with E-state index < -0.39 is 4.92 Å². The summed E-state index contributed by atoms with van der Waals surface area (Å²) in [6, 6.07) is 11.9. The van der Waals surface area contributed by atoms with Crippen LogP contribution in [-0.4, -0.2) is 24.7 Å². The van der Waals surface area contributed by atoms with Gasteiger partial charge in [0.2, 0.25) is 0 Å². The van der Waals surface area contributed by atoms with Crippen LogP contribution in [0.3, 0.4) is 0 Å². The molecule has 1 aromatic carbocycles. The number of nitro groups is 1. The summed E-state index contributed by atoms with van der Waals surface area (Å²) >= 11 is 5.94. The molecule has 4 rings (SSSR count). The van der Waals surface area contributed by atoms with Gasteiger partial charge in [-0.05, 0) is 23.8 Å². The maximum atomic E-state index is 10.9. The van der Waals surface area contributed by atoms with Gasteiger partial charge in [-0.3, -0.25) is 19.8 Å². The molecule has 0 atom stereocenters. The van der Waals surface area contributed by atoms with Crippen molar-refractivity contribution in [3.8, 4) is 11.1 Å². The Balaban J connectivity index is 1.62. The standard InChI is InChI=1S/C18H12ClN5O2/c19-18-5-4-16-17(22-18)7-13(8-20-16)14-9-21-23(11-14)10-12-2-1-3-15(6-12)24(25)26/h1-9,11H,10H2. The highest BCUT2D eigenvalue weighted by Gasteiger charge is 2.08. The van der Waals surface area contributed by atoms with Crippen LogP contribution >= 0.6 is 11.6 Å². The van der Waals surface area contributed by atoms with Crippen LogP contribution in [0.5, 0.6) is 0 Å². The van der Waals surface area contributed by atoms with E-state index in [1.54, 1.807) is 35.3 Å². The fourth-order valence-electron chi connectivity index (χ4n) is 2.69. The molecule has 4 aromatic rings. The number of non-ortho nitro benzene ring substituents is 1. The molecule has 0 fully saturated rings. The number of fused-ring (bicyclic) bond motifs is 1. The fourth-order valence-corrected chi connectivity index (χ4v) is 2.85. The van der Waals surface area contributed by atoms with Crippen LogP contribution in [0.2, 0.25) is 5.15 Å². The largest absolute Gasteiger partial charge is 0.269 e. The molecule has 0 spiro atoms. The molecule has 0 N–H and O–H groups in total. The lowest BCUT2D eigenvalue weighted by molar-refractivity contribution is -0.384. The first-order chi connectivity index (χ1) is 12.6. The van der Waals surface area contributed by atoms with E-state index >= 15 is 0 Å². The van der Waals surface area contributed by atoms with Crippen molar-refractivity contribution in [2.75, 3.05) is 0 Å². The zero-order valence-corrected chi connectivity index (χ0v) is 14.2. The Bertz CT molecular complexity index is 1130. The van der Waals surface area contributed by atoms with Crippen LogP contribution in [0.4, 0.5) is 5.69 Å². The molecule has 0 aliphatic carbocycles. The summed E-state index contributed by atoms with van der Waals surface area (Å²) in [4.78, 5) is 19.1. The predicted octanol–water partition coefficient (Wildman–Crippen LogP) is 4.10. The molecule has 128 valence electrons. The van der Waals surface area contributed by atoms with Crippen LogP contribution in [0.15, 0.2) is 61.1 Å². The maximum Gasteiger partial charge on any atom is 0.269 e. The first-order valence-corrected chi connectivity index (χ1v) is 8.15. The summed E-state index contributed by atoms with van der Waals surface area (Å²) in [5.41, 5.74) is 4.10. The van der Waals surface area contributed by atoms with Crippen molar-refractivity contribution in [3.05, 3.63) is 81.9 Å². The normalized spacial score (nSPS) is 11.0. The summed E-state index contributed by atoms with van der Waals surface area (Å²) in [6.45, 7) is 0.437. The van der Waals surface area contributed by atoms with Crippen molar-refractivity contribution in [2.45, 2.75) is 6.54 Å². The van der Waals surface area contributed by atoms with Gasteiger partial charge in [-0.2, -0.15) is 5.10 Å². The number of aromatic nitrogens is 4. The molecule has 26 heavy (non-hydrogen) atoms. The van der Waals surface area contributed by atoms with Gasteiger partial charge in [0.05, 0.1) is 28.7 Å². The van der Waals surface area contributed by atoms with E-state index in [1.165, 1.54) is 6.07 Å². The summed E-state index contributed by atoms with van der Waals surface area (Å²) in [5, 5.41) is 15.6. The Morgan fingerprint density at radius 3 is 2.81 bits per heavy atom. The number of halogens is 1. The number of pyridine rings is 2. The predicted molar refractivity (Wildman–Crippen MR) is 98.0 cm³/mol. The van der Waals surface area contributed by atoms with Crippen LogP contribution in [0, 0.1) is 10.1 Å². The van der Waals surface area contributed by atoms with Crippen molar-refractivity contribution in [2.24, 2.45) is 0 Å². The van der Waals surface area contributed by atoms with Gasteiger partial charge < -0.3 is 0 Å². The second kappa shape index (κ2) is 6.53. The lowest BCUT2D eigenvalue weighted by Gasteiger charge is -2.02. The number of hydrogen-bond donors (Lipinski definition) is 0. The van der Waals surface area contributed by atoms with Gasteiger partial charge in [0, 0.05) is 35.7 Å². The SMILES string of the molecule is O=[N+]([O-])c1cccc(Cn2cc(-c3cnc4ccc(Cl)nc4c3)cn2)c1. The minimum atomic E-state index is -0.406. The molecular weight excluding hydrogens is 354 g/mol. The molecule has 3 aromatic heterocycles. The second-order valence-corrected chi connectivity index (χ2v) is 6.14. The summed E-state index contributed by atoms with van der Waals surface area (Å²) < 4.78 is 1.73. The third kappa shape index (κ3) is 3.25. The summed E-state index contributed by atoms with van der Waals surface area (Å²) in [5.74, 6) is 0. The average molecular weight is 366 g/mol. The lowest BCUT2D eigenvalue weighted by Crippen LogP contribution is -2.00. The van der Waals surface area contributed by atoms with Crippen molar-refractivity contribution in [1.82, 2.24) is 19.7 Å². The molecule has 0 saturated carbocycles. The van der Waals surface area contributed by atoms with Crippen LogP contribution < -0.4 is 0 Å². The van der Waals surface area contributed by atoms with Gasteiger partial charge in [0.1, 0.15) is 5.15 Å². The van der Waals surface area contributed by atoms with E-state index in [-0.39, 0.29) is 5.69 Å². The van der Waals surface area contributed by atoms with Crippen LogP contribution in [0.25, 0.3) is 22.2 Å². The summed E-state index contributed by atoms with van der Waals surface area (Å²) in [6.07, 6.45) is 5.35. The molecular formula is C18H12ClN5O2. The van der Waals surface area contributed by atoms with Crippen molar-refractivity contribution in [1.29, 1.82) is 0 Å². The quantitative estimate of drug-likeness (QED) is 0.308. The first kappa shape index (κ1) is 16.2. The van der Waals surface area contributed by atoms with Crippen LogP contribution in [0.1, 0.15) is 5.56 Å². The van der Waals surface area contributed by atoms with E-state index in [0.29, 0.717) is 17.2 Å². The molecule has 3 heterocycles. The molecule has 0 bridgehead atoms. The Morgan fingerprint density at radius 1 is 1.08 bits per heavy atom. The van der Waals surface area contributed by atoms with Gasteiger partial charge in [-0.25, -0.2) is 4.98 Å². The molecule has 7 nitrogen and oxygen atoms in total. The monoisotopic (exact) mass is 365 g/mol. The maximum absolute atomic E-state index is 10.9. The van der Waals surface area contributed by atoms with Gasteiger partial charge in [0.25, 0.3) is 5.69 Å². The number of rotatable bonds is 4. The third-order valence-electron chi connectivity index (χ3n) is 3.94. The molecule has 0 aliphatic rings. The summed E-state index contributed by atoms with van der Waals surface area (Å²) in [7, 11) is 0. The highest BCUT2D eigenvalue weighted by Crippen LogP contribution is 2.23. The Hall–Kier alpha value is -3.32. The lowest BCUT2D eigenvalue weighted by atomic mass is 10.1.